The quantitative estimate of drug-likeness (QED) is 0.288. The van der Waals surface area contributed by atoms with E-state index in [0.717, 1.165) is 0 Å². The molecular formula is C25H20ClNO7. The maximum absolute atomic E-state index is 13.1. The summed E-state index contributed by atoms with van der Waals surface area (Å²) < 4.78 is 11.0. The maximum Gasteiger partial charge on any atom is 0.307 e. The number of rotatable bonds is 7. The topological polar surface area (TPSA) is 117 Å². The van der Waals surface area contributed by atoms with Gasteiger partial charge < -0.3 is 19.4 Å². The minimum absolute atomic E-state index is 0.138. The van der Waals surface area contributed by atoms with Gasteiger partial charge in [0.25, 0.3) is 11.7 Å². The van der Waals surface area contributed by atoms with Crippen LogP contribution in [0.2, 0.25) is 5.02 Å². The molecule has 3 aromatic rings. The summed E-state index contributed by atoms with van der Waals surface area (Å²) in [6.45, 7) is 2.19. The van der Waals surface area contributed by atoms with Crippen LogP contribution in [0.15, 0.2) is 70.9 Å². The summed E-state index contributed by atoms with van der Waals surface area (Å²) in [5, 5.41) is 20.4. The van der Waals surface area contributed by atoms with Crippen LogP contribution in [0.5, 0.6) is 5.75 Å². The number of carboxylic acids is 1. The lowest BCUT2D eigenvalue weighted by Gasteiger charge is -2.23. The first-order chi connectivity index (χ1) is 16.3. The number of ketones is 1. The molecule has 2 N–H and O–H groups in total. The third-order valence-corrected chi connectivity index (χ3v) is 5.66. The Hall–Kier alpha value is -4.04. The van der Waals surface area contributed by atoms with Crippen LogP contribution in [-0.4, -0.2) is 34.5 Å². The summed E-state index contributed by atoms with van der Waals surface area (Å²) in [5.41, 5.74) is 0.817. The van der Waals surface area contributed by atoms with Crippen molar-refractivity contribution in [2.24, 2.45) is 0 Å². The standard InChI is InChI=1S/C25H20ClNO7/c1-2-33-16-9-10-18(26)17(13-16)23(30)21-22(19-4-3-11-34-19)27(25(32)24(21)31)15-7-5-14(6-8-15)12-20(28)29/h3-11,13,22,30H,2,12H2,1H3,(H,28,29)/b23-21-. The summed E-state index contributed by atoms with van der Waals surface area (Å²) in [4.78, 5) is 38.4. The van der Waals surface area contributed by atoms with Gasteiger partial charge in [-0.15, -0.1) is 0 Å². The number of aliphatic hydroxyl groups is 1. The van der Waals surface area contributed by atoms with Gasteiger partial charge in [-0.3, -0.25) is 19.3 Å². The Morgan fingerprint density at radius 1 is 1.12 bits per heavy atom. The van der Waals surface area contributed by atoms with Crippen LogP contribution >= 0.6 is 11.6 Å². The molecule has 2 heterocycles. The number of benzene rings is 2. The van der Waals surface area contributed by atoms with Gasteiger partial charge in [-0.05, 0) is 55.0 Å². The monoisotopic (exact) mass is 481 g/mol. The number of halogens is 1. The first-order valence-corrected chi connectivity index (χ1v) is 10.8. The summed E-state index contributed by atoms with van der Waals surface area (Å²) in [6.07, 6.45) is 1.21. The predicted octanol–water partition coefficient (Wildman–Crippen LogP) is 4.59. The van der Waals surface area contributed by atoms with Gasteiger partial charge in [0.15, 0.2) is 0 Å². The number of amides is 1. The van der Waals surface area contributed by atoms with Crippen molar-refractivity contribution in [3.63, 3.8) is 0 Å². The molecule has 4 rings (SSSR count). The van der Waals surface area contributed by atoms with Gasteiger partial charge in [-0.2, -0.15) is 0 Å². The second-order valence-corrected chi connectivity index (χ2v) is 7.90. The number of anilines is 1. The van der Waals surface area contributed by atoms with E-state index in [-0.39, 0.29) is 28.3 Å². The minimum atomic E-state index is -1.06. The lowest BCUT2D eigenvalue weighted by Crippen LogP contribution is -2.29. The average molecular weight is 482 g/mol. The SMILES string of the molecule is CCOc1ccc(Cl)c(/C(O)=C2/C(=O)C(=O)N(c3ccc(CC(=O)O)cc3)C2c2ccco2)c1. The highest BCUT2D eigenvalue weighted by atomic mass is 35.5. The molecule has 174 valence electrons. The summed E-state index contributed by atoms with van der Waals surface area (Å²) in [6, 6.07) is 13.0. The molecule has 0 bridgehead atoms. The number of hydrogen-bond donors (Lipinski definition) is 2. The average Bonchev–Trinajstić information content (AvgIpc) is 3.42. The molecule has 1 amide bonds. The number of carbonyl (C=O) groups is 3. The van der Waals surface area contributed by atoms with E-state index >= 15 is 0 Å². The van der Waals surface area contributed by atoms with Crippen molar-refractivity contribution in [2.45, 2.75) is 19.4 Å². The fourth-order valence-electron chi connectivity index (χ4n) is 3.85. The van der Waals surface area contributed by atoms with Crippen LogP contribution in [0.4, 0.5) is 5.69 Å². The summed E-state index contributed by atoms with van der Waals surface area (Å²) in [5.74, 6) is -2.54. The largest absolute Gasteiger partial charge is 0.507 e. The molecular weight excluding hydrogens is 462 g/mol. The molecule has 0 aliphatic carbocycles. The van der Waals surface area contributed by atoms with Gasteiger partial charge in [0.2, 0.25) is 0 Å². The first kappa shape index (κ1) is 23.1. The molecule has 9 heteroatoms. The number of carboxylic acid groups (broad SMARTS) is 1. The van der Waals surface area contributed by atoms with Gasteiger partial charge in [0, 0.05) is 11.3 Å². The maximum atomic E-state index is 13.1. The Morgan fingerprint density at radius 3 is 2.47 bits per heavy atom. The molecule has 1 atom stereocenters. The number of nitrogens with zero attached hydrogens (tertiary/aromatic N) is 1. The molecule has 8 nitrogen and oxygen atoms in total. The number of Topliss-reactive ketones (excluding diaryl/α,β-unsaturated/α-hetero) is 1. The van der Waals surface area contributed by atoms with Crippen molar-refractivity contribution in [1.82, 2.24) is 0 Å². The van der Waals surface area contributed by atoms with Crippen LogP contribution in [0.3, 0.4) is 0 Å². The van der Waals surface area contributed by atoms with Crippen molar-refractivity contribution >= 4 is 40.7 Å². The Morgan fingerprint density at radius 2 is 1.85 bits per heavy atom. The zero-order valence-corrected chi connectivity index (χ0v) is 18.8. The van der Waals surface area contributed by atoms with Gasteiger partial charge in [-0.1, -0.05) is 23.7 Å². The highest BCUT2D eigenvalue weighted by Gasteiger charge is 2.48. The number of aliphatic carboxylic acids is 1. The summed E-state index contributed by atoms with van der Waals surface area (Å²) in [7, 11) is 0. The number of hydrogen-bond acceptors (Lipinski definition) is 6. The molecule has 0 radical (unpaired) electrons. The summed E-state index contributed by atoms with van der Waals surface area (Å²) >= 11 is 6.31. The first-order valence-electron chi connectivity index (χ1n) is 10.4. The molecule has 1 aromatic heterocycles. The third-order valence-electron chi connectivity index (χ3n) is 5.33. The van der Waals surface area contributed by atoms with Gasteiger partial charge in [0.05, 0.1) is 29.9 Å². The predicted molar refractivity (Wildman–Crippen MR) is 124 cm³/mol. The lowest BCUT2D eigenvalue weighted by molar-refractivity contribution is -0.136. The van der Waals surface area contributed by atoms with E-state index in [4.69, 9.17) is 25.9 Å². The van der Waals surface area contributed by atoms with E-state index in [1.54, 1.807) is 49.4 Å². The normalized spacial score (nSPS) is 17.2. The van der Waals surface area contributed by atoms with E-state index in [9.17, 15) is 19.5 Å². The molecule has 0 saturated carbocycles. The van der Waals surface area contributed by atoms with Crippen LogP contribution < -0.4 is 9.64 Å². The number of carbonyl (C=O) groups excluding carboxylic acids is 2. The molecule has 1 fully saturated rings. The molecule has 1 aliphatic rings. The van der Waals surface area contributed by atoms with Crippen LogP contribution in [0, 0.1) is 0 Å². The van der Waals surface area contributed by atoms with E-state index in [2.05, 4.69) is 0 Å². The van der Waals surface area contributed by atoms with E-state index in [1.807, 2.05) is 0 Å². The zero-order valence-electron chi connectivity index (χ0n) is 18.0. The van der Waals surface area contributed by atoms with Crippen molar-refractivity contribution in [3.8, 4) is 5.75 Å². The van der Waals surface area contributed by atoms with E-state index < -0.39 is 29.5 Å². The Kier molecular flexibility index (Phi) is 6.43. The van der Waals surface area contributed by atoms with Crippen molar-refractivity contribution < 1.29 is 33.8 Å². The van der Waals surface area contributed by atoms with Gasteiger partial charge >= 0.3 is 5.97 Å². The molecule has 0 spiro atoms. The Balaban J connectivity index is 1.85. The molecule has 1 aliphatic heterocycles. The second-order valence-electron chi connectivity index (χ2n) is 7.50. The molecule has 34 heavy (non-hydrogen) atoms. The highest BCUT2D eigenvalue weighted by Crippen LogP contribution is 2.43. The lowest BCUT2D eigenvalue weighted by atomic mass is 9.99. The van der Waals surface area contributed by atoms with Crippen LogP contribution in [-0.2, 0) is 20.8 Å². The second kappa shape index (κ2) is 9.44. The molecule has 2 aromatic carbocycles. The minimum Gasteiger partial charge on any atom is -0.507 e. The number of aliphatic hydroxyl groups excluding tert-OH is 1. The smallest absolute Gasteiger partial charge is 0.307 e. The van der Waals surface area contributed by atoms with E-state index in [1.165, 1.54) is 23.3 Å². The molecule has 1 unspecified atom stereocenters. The van der Waals surface area contributed by atoms with Gasteiger partial charge in [-0.25, -0.2) is 0 Å². The van der Waals surface area contributed by atoms with Crippen LogP contribution in [0.1, 0.15) is 29.9 Å². The van der Waals surface area contributed by atoms with E-state index in [0.29, 0.717) is 23.6 Å². The van der Waals surface area contributed by atoms with Gasteiger partial charge in [0.1, 0.15) is 23.3 Å². The Labute approximate surface area is 199 Å². The van der Waals surface area contributed by atoms with Crippen molar-refractivity contribution in [2.75, 3.05) is 11.5 Å². The third kappa shape index (κ3) is 4.27. The number of ether oxygens (including phenoxy) is 1. The zero-order chi connectivity index (χ0) is 24.4. The fourth-order valence-corrected chi connectivity index (χ4v) is 4.06. The molecule has 1 saturated heterocycles. The van der Waals surface area contributed by atoms with Crippen molar-refractivity contribution in [3.05, 3.63) is 88.3 Å². The highest BCUT2D eigenvalue weighted by molar-refractivity contribution is 6.52. The Bertz CT molecular complexity index is 1280. The van der Waals surface area contributed by atoms with Crippen molar-refractivity contribution in [1.29, 1.82) is 0 Å². The fraction of sp³-hybridized carbons (Fsp3) is 0.160. The van der Waals surface area contributed by atoms with Crippen LogP contribution in [0.25, 0.3) is 5.76 Å². The number of furan rings is 1.